The van der Waals surface area contributed by atoms with Gasteiger partial charge in [-0.3, -0.25) is 4.79 Å². The molecule has 0 aromatic heterocycles. The monoisotopic (exact) mass is 373 g/mol. The Bertz CT molecular complexity index is 264. The number of rotatable bonds is 3. The second-order valence-corrected chi connectivity index (χ2v) is 2.63. The molecule has 68 valence electrons. The summed E-state index contributed by atoms with van der Waals surface area (Å²) in [5.74, 6) is -0.959. The van der Waals surface area contributed by atoms with E-state index in [4.69, 9.17) is 10.8 Å². The van der Waals surface area contributed by atoms with Crippen LogP contribution in [0.3, 0.4) is 0 Å². The van der Waals surface area contributed by atoms with Crippen LogP contribution in [0.4, 0.5) is 0 Å². The van der Waals surface area contributed by atoms with E-state index in [0.717, 1.165) is 5.56 Å². The fraction of sp³-hybridized carbons (Fsp3) is 0.222. The average molecular weight is 372 g/mol. The van der Waals surface area contributed by atoms with Crippen molar-refractivity contribution in [2.24, 2.45) is 5.73 Å². The van der Waals surface area contributed by atoms with Crippen LogP contribution in [0.25, 0.3) is 0 Å². The molecule has 1 atom stereocenters. The molecule has 0 saturated heterocycles. The molecule has 0 amide bonds. The number of benzene rings is 1. The van der Waals surface area contributed by atoms with Crippen LogP contribution in [0, 0.1) is 0 Å². The van der Waals surface area contributed by atoms with Crippen molar-refractivity contribution >= 4 is 33.3 Å². The first-order chi connectivity index (χ1) is 5.70. The van der Waals surface area contributed by atoms with Gasteiger partial charge in [-0.1, -0.05) is 30.3 Å². The Balaban J connectivity index is 0.00000144. The number of hydrogen-bond acceptors (Lipinski definition) is 2. The number of hydrogen-bond donors (Lipinski definition) is 2. The van der Waals surface area contributed by atoms with Gasteiger partial charge in [-0.2, -0.15) is 0 Å². The van der Waals surface area contributed by atoms with Crippen molar-refractivity contribution < 1.29 is 9.90 Å². The summed E-state index contributed by atoms with van der Waals surface area (Å²) in [5.41, 5.74) is 6.30. The smallest absolute Gasteiger partial charge is 0.320 e. The van der Waals surface area contributed by atoms with E-state index in [0.29, 0.717) is 6.42 Å². The van der Waals surface area contributed by atoms with Crippen LogP contribution >= 0.6 is 0 Å². The Morgan fingerprint density at radius 2 is 1.92 bits per heavy atom. The molecule has 0 fully saturated rings. The van der Waals surface area contributed by atoms with Gasteiger partial charge in [0, 0.05) is 27.3 Å². The number of nitrogens with two attached hydrogens (primary N) is 1. The minimum Gasteiger partial charge on any atom is -0.480 e. The second kappa shape index (κ2) is 6.09. The molecule has 0 saturated carbocycles. The van der Waals surface area contributed by atoms with Crippen LogP contribution in [0.15, 0.2) is 30.3 Å². The first kappa shape index (κ1) is 12.6. The molecular formula is C9H11NO2Pb. The molecule has 1 aromatic carbocycles. The van der Waals surface area contributed by atoms with E-state index >= 15 is 0 Å². The minimum atomic E-state index is -0.959. The molecule has 0 aliphatic rings. The van der Waals surface area contributed by atoms with Gasteiger partial charge >= 0.3 is 5.97 Å². The third-order valence-electron chi connectivity index (χ3n) is 1.62. The standard InChI is InChI=1S/C9H11NO2.Pb/c10-8(9(11)12)6-7-4-2-1-3-5-7;/h1-5,8H,6,10H2,(H,11,12);/t8-;/m0./s1. The van der Waals surface area contributed by atoms with E-state index in [1.54, 1.807) is 0 Å². The Kier molecular flexibility index (Phi) is 5.89. The van der Waals surface area contributed by atoms with E-state index in [-0.39, 0.29) is 27.3 Å². The summed E-state index contributed by atoms with van der Waals surface area (Å²) in [4.78, 5) is 10.4. The van der Waals surface area contributed by atoms with E-state index in [1.165, 1.54) is 0 Å². The maximum atomic E-state index is 10.4. The van der Waals surface area contributed by atoms with Gasteiger partial charge in [0.1, 0.15) is 6.04 Å². The zero-order chi connectivity index (χ0) is 8.97. The van der Waals surface area contributed by atoms with Gasteiger partial charge in [0.05, 0.1) is 0 Å². The molecule has 4 heteroatoms. The number of carboxylic acids is 1. The number of carbonyl (C=O) groups is 1. The van der Waals surface area contributed by atoms with E-state index in [9.17, 15) is 4.79 Å². The van der Waals surface area contributed by atoms with Crippen molar-refractivity contribution in [2.75, 3.05) is 0 Å². The van der Waals surface area contributed by atoms with Gasteiger partial charge in [0.2, 0.25) is 0 Å². The Morgan fingerprint density at radius 3 is 2.38 bits per heavy atom. The molecule has 3 N–H and O–H groups in total. The van der Waals surface area contributed by atoms with E-state index in [1.807, 2.05) is 30.3 Å². The predicted octanol–water partition coefficient (Wildman–Crippen LogP) is 0.260. The third-order valence-corrected chi connectivity index (χ3v) is 1.62. The third kappa shape index (κ3) is 4.37. The molecule has 0 spiro atoms. The average Bonchev–Trinajstić information content (AvgIpc) is 2.06. The Hall–Kier alpha value is -0.428. The van der Waals surface area contributed by atoms with Gasteiger partial charge in [-0.15, -0.1) is 0 Å². The summed E-state index contributed by atoms with van der Waals surface area (Å²) in [6.07, 6.45) is 0.385. The molecule has 3 nitrogen and oxygen atoms in total. The summed E-state index contributed by atoms with van der Waals surface area (Å²) in [5, 5.41) is 8.52. The summed E-state index contributed by atoms with van der Waals surface area (Å²) >= 11 is 0. The molecule has 0 bridgehead atoms. The molecule has 13 heavy (non-hydrogen) atoms. The molecule has 4 radical (unpaired) electrons. The number of carboxylic acid groups (broad SMARTS) is 1. The van der Waals surface area contributed by atoms with Crippen LogP contribution in [0.1, 0.15) is 5.56 Å². The number of aliphatic carboxylic acids is 1. The van der Waals surface area contributed by atoms with Gasteiger partial charge in [-0.05, 0) is 12.0 Å². The molecule has 0 aliphatic carbocycles. The predicted molar refractivity (Wildman–Crippen MR) is 51.5 cm³/mol. The molecular weight excluding hydrogens is 361 g/mol. The van der Waals surface area contributed by atoms with E-state index < -0.39 is 12.0 Å². The second-order valence-electron chi connectivity index (χ2n) is 2.63. The first-order valence-corrected chi connectivity index (χ1v) is 3.72. The summed E-state index contributed by atoms with van der Waals surface area (Å²) in [6.45, 7) is 0. The topological polar surface area (TPSA) is 63.3 Å². The van der Waals surface area contributed by atoms with E-state index in [2.05, 4.69) is 0 Å². The van der Waals surface area contributed by atoms with Gasteiger partial charge in [0.25, 0.3) is 0 Å². The van der Waals surface area contributed by atoms with Crippen LogP contribution < -0.4 is 5.73 Å². The van der Waals surface area contributed by atoms with Crippen LogP contribution in [-0.2, 0) is 11.2 Å². The van der Waals surface area contributed by atoms with Crippen LogP contribution in [0.5, 0.6) is 0 Å². The Labute approximate surface area is 97.1 Å². The first-order valence-electron chi connectivity index (χ1n) is 3.72. The largest absolute Gasteiger partial charge is 0.480 e. The maximum absolute atomic E-state index is 10.4. The quantitative estimate of drug-likeness (QED) is 0.749. The normalized spacial score (nSPS) is 11.5. The van der Waals surface area contributed by atoms with Crippen molar-refractivity contribution in [2.45, 2.75) is 12.5 Å². The van der Waals surface area contributed by atoms with Gasteiger partial charge in [0.15, 0.2) is 0 Å². The molecule has 1 rings (SSSR count). The molecule has 0 heterocycles. The molecule has 0 aliphatic heterocycles. The van der Waals surface area contributed by atoms with Gasteiger partial charge < -0.3 is 10.8 Å². The summed E-state index contributed by atoms with van der Waals surface area (Å²) in [7, 11) is 0. The summed E-state index contributed by atoms with van der Waals surface area (Å²) in [6, 6.07) is 8.54. The van der Waals surface area contributed by atoms with Crippen LogP contribution in [0.2, 0.25) is 0 Å². The van der Waals surface area contributed by atoms with Crippen molar-refractivity contribution in [1.29, 1.82) is 0 Å². The molecule has 1 aromatic rings. The Morgan fingerprint density at radius 1 is 1.38 bits per heavy atom. The zero-order valence-electron chi connectivity index (χ0n) is 7.10. The molecule has 0 unspecified atom stereocenters. The summed E-state index contributed by atoms with van der Waals surface area (Å²) < 4.78 is 0. The zero-order valence-corrected chi connectivity index (χ0v) is 11.0. The fourth-order valence-electron chi connectivity index (χ4n) is 0.955. The van der Waals surface area contributed by atoms with Crippen molar-refractivity contribution in [3.63, 3.8) is 0 Å². The van der Waals surface area contributed by atoms with Crippen molar-refractivity contribution in [1.82, 2.24) is 0 Å². The fourth-order valence-corrected chi connectivity index (χ4v) is 0.955. The SMILES string of the molecule is N[C@@H](Cc1ccccc1)C(=O)O.[Pb]. The van der Waals surface area contributed by atoms with Crippen LogP contribution in [-0.4, -0.2) is 44.4 Å². The maximum Gasteiger partial charge on any atom is 0.320 e. The van der Waals surface area contributed by atoms with Gasteiger partial charge in [-0.25, -0.2) is 0 Å². The van der Waals surface area contributed by atoms with Crippen molar-refractivity contribution in [3.8, 4) is 0 Å². The minimum absolute atomic E-state index is 0. The van der Waals surface area contributed by atoms with Crippen molar-refractivity contribution in [3.05, 3.63) is 35.9 Å².